The zero-order valence-corrected chi connectivity index (χ0v) is 19.5. The molecule has 2 aromatic rings. The minimum atomic E-state index is -1.02. The van der Waals surface area contributed by atoms with Gasteiger partial charge in [-0.2, -0.15) is 0 Å². The second-order valence-corrected chi connectivity index (χ2v) is 9.26. The first-order valence-corrected chi connectivity index (χ1v) is 12.1. The van der Waals surface area contributed by atoms with Gasteiger partial charge in [0.2, 0.25) is 5.91 Å². The van der Waals surface area contributed by atoms with Crippen LogP contribution in [-0.2, 0) is 14.3 Å². The van der Waals surface area contributed by atoms with Gasteiger partial charge in [-0.1, -0.05) is 61.9 Å². The molecule has 2 aromatic carbocycles. The molecule has 7 nitrogen and oxygen atoms in total. The van der Waals surface area contributed by atoms with Gasteiger partial charge in [-0.3, -0.25) is 4.79 Å². The number of carboxylic acid groups (broad SMARTS) is 1. The number of alkyl carbamates (subject to hydrolysis) is 1. The fourth-order valence-electron chi connectivity index (χ4n) is 4.87. The molecule has 2 atom stereocenters. The Morgan fingerprint density at radius 1 is 1.03 bits per heavy atom. The van der Waals surface area contributed by atoms with Crippen molar-refractivity contribution in [2.75, 3.05) is 13.2 Å². The molecule has 180 valence electrons. The molecule has 0 aliphatic heterocycles. The molecule has 3 N–H and O–H groups in total. The molecule has 4 rings (SSSR count). The predicted octanol–water partition coefficient (Wildman–Crippen LogP) is 4.31. The Labute approximate surface area is 199 Å². The Bertz CT molecular complexity index is 1000. The number of aliphatic carboxylic acids is 1. The van der Waals surface area contributed by atoms with Gasteiger partial charge in [0.15, 0.2) is 0 Å². The Morgan fingerprint density at radius 3 is 2.21 bits per heavy atom. The van der Waals surface area contributed by atoms with Crippen molar-refractivity contribution >= 4 is 18.0 Å². The summed E-state index contributed by atoms with van der Waals surface area (Å²) in [6.45, 7) is 2.46. The van der Waals surface area contributed by atoms with Crippen LogP contribution in [-0.4, -0.2) is 42.3 Å². The van der Waals surface area contributed by atoms with Gasteiger partial charge in [0.05, 0.1) is 0 Å². The number of ether oxygens (including phenoxy) is 1. The van der Waals surface area contributed by atoms with Gasteiger partial charge in [-0.05, 0) is 53.4 Å². The topological polar surface area (TPSA) is 105 Å². The summed E-state index contributed by atoms with van der Waals surface area (Å²) in [5.74, 6) is -0.970. The second kappa shape index (κ2) is 10.7. The van der Waals surface area contributed by atoms with E-state index in [0.717, 1.165) is 24.0 Å². The zero-order valence-electron chi connectivity index (χ0n) is 19.5. The summed E-state index contributed by atoms with van der Waals surface area (Å²) in [7, 11) is 0. The number of nitrogens with one attached hydrogen (secondary N) is 2. The monoisotopic (exact) mass is 464 g/mol. The number of benzene rings is 2. The molecule has 0 heterocycles. The van der Waals surface area contributed by atoms with Gasteiger partial charge in [-0.25, -0.2) is 9.59 Å². The van der Waals surface area contributed by atoms with Gasteiger partial charge < -0.3 is 20.5 Å². The normalized spacial score (nSPS) is 16.1. The number of fused-ring (bicyclic) bond motifs is 3. The third kappa shape index (κ3) is 5.58. The van der Waals surface area contributed by atoms with E-state index in [-0.39, 0.29) is 30.8 Å². The number of hydrogen-bond donors (Lipinski definition) is 3. The van der Waals surface area contributed by atoms with E-state index in [4.69, 9.17) is 4.74 Å². The molecule has 2 aliphatic carbocycles. The molecule has 0 radical (unpaired) electrons. The lowest BCUT2D eigenvalue weighted by Gasteiger charge is -2.19. The third-order valence-corrected chi connectivity index (χ3v) is 6.80. The SMILES string of the molecule is CCCC(NC(=O)CC(CNC(=O)OCC1c2ccccc2-c2ccccc21)C1CC1)C(=O)O. The Hall–Kier alpha value is -3.35. The molecule has 2 aliphatic rings. The zero-order chi connectivity index (χ0) is 24.1. The Balaban J connectivity index is 1.29. The standard InChI is InChI=1S/C27H32N2O5/c1-2-7-24(26(31)32)29-25(30)14-18(17-12-13-17)15-28-27(33)34-16-23-21-10-5-3-8-19(21)20-9-4-6-11-22(20)23/h3-6,8-11,17-18,23-24H,2,7,12-16H2,1H3,(H,28,33)(H,29,30)(H,31,32). The average Bonchev–Trinajstić information content (AvgIpc) is 3.63. The fraction of sp³-hybridized carbons (Fsp3) is 0.444. The van der Waals surface area contributed by atoms with Gasteiger partial charge >= 0.3 is 12.1 Å². The van der Waals surface area contributed by atoms with Crippen LogP contribution in [0.2, 0.25) is 0 Å². The van der Waals surface area contributed by atoms with Crippen molar-refractivity contribution in [2.24, 2.45) is 11.8 Å². The van der Waals surface area contributed by atoms with E-state index >= 15 is 0 Å². The number of amides is 2. The quantitative estimate of drug-likeness (QED) is 0.460. The molecule has 1 saturated carbocycles. The molecule has 2 amide bonds. The van der Waals surface area contributed by atoms with Crippen LogP contribution in [0.1, 0.15) is 56.1 Å². The Kier molecular flexibility index (Phi) is 7.50. The summed E-state index contributed by atoms with van der Waals surface area (Å²) in [5, 5.41) is 14.7. The van der Waals surface area contributed by atoms with E-state index in [9.17, 15) is 19.5 Å². The van der Waals surface area contributed by atoms with Crippen molar-refractivity contribution in [3.63, 3.8) is 0 Å². The number of rotatable bonds is 11. The maximum absolute atomic E-state index is 12.5. The molecular weight excluding hydrogens is 432 g/mol. The van der Waals surface area contributed by atoms with Crippen molar-refractivity contribution in [3.05, 3.63) is 59.7 Å². The van der Waals surface area contributed by atoms with Crippen molar-refractivity contribution < 1.29 is 24.2 Å². The average molecular weight is 465 g/mol. The summed E-state index contributed by atoms with van der Waals surface area (Å²) in [5.41, 5.74) is 4.66. The van der Waals surface area contributed by atoms with Gasteiger partial charge in [0, 0.05) is 18.9 Å². The van der Waals surface area contributed by atoms with E-state index in [1.54, 1.807) is 0 Å². The number of carbonyl (C=O) groups is 3. The number of hydrogen-bond acceptors (Lipinski definition) is 4. The highest BCUT2D eigenvalue weighted by Gasteiger charge is 2.34. The van der Waals surface area contributed by atoms with Crippen LogP contribution in [0.3, 0.4) is 0 Å². The van der Waals surface area contributed by atoms with E-state index in [0.29, 0.717) is 25.3 Å². The van der Waals surface area contributed by atoms with Crippen LogP contribution >= 0.6 is 0 Å². The van der Waals surface area contributed by atoms with Crippen molar-refractivity contribution in [1.82, 2.24) is 10.6 Å². The molecule has 7 heteroatoms. The minimum Gasteiger partial charge on any atom is -0.480 e. The van der Waals surface area contributed by atoms with Gasteiger partial charge in [0.1, 0.15) is 12.6 Å². The molecule has 0 spiro atoms. The van der Waals surface area contributed by atoms with Crippen LogP contribution in [0.15, 0.2) is 48.5 Å². The molecule has 2 unspecified atom stereocenters. The van der Waals surface area contributed by atoms with Crippen LogP contribution in [0.4, 0.5) is 4.79 Å². The smallest absolute Gasteiger partial charge is 0.407 e. The first-order chi connectivity index (χ1) is 16.5. The first-order valence-electron chi connectivity index (χ1n) is 12.1. The highest BCUT2D eigenvalue weighted by molar-refractivity contribution is 5.83. The molecule has 0 bridgehead atoms. The highest BCUT2D eigenvalue weighted by atomic mass is 16.5. The Morgan fingerprint density at radius 2 is 1.65 bits per heavy atom. The van der Waals surface area contributed by atoms with E-state index < -0.39 is 18.1 Å². The summed E-state index contributed by atoms with van der Waals surface area (Å²) in [4.78, 5) is 36.3. The number of carboxylic acids is 1. The molecule has 0 aromatic heterocycles. The molecule has 1 fully saturated rings. The minimum absolute atomic E-state index is 0.00493. The number of carbonyl (C=O) groups excluding carboxylic acids is 2. The van der Waals surface area contributed by atoms with Crippen molar-refractivity contribution in [2.45, 2.75) is 51.0 Å². The van der Waals surface area contributed by atoms with Crippen molar-refractivity contribution in [1.29, 1.82) is 0 Å². The maximum atomic E-state index is 12.5. The van der Waals surface area contributed by atoms with Crippen LogP contribution in [0.5, 0.6) is 0 Å². The largest absolute Gasteiger partial charge is 0.480 e. The van der Waals surface area contributed by atoms with Gasteiger partial charge in [-0.15, -0.1) is 0 Å². The van der Waals surface area contributed by atoms with E-state index in [1.165, 1.54) is 11.1 Å². The second-order valence-electron chi connectivity index (χ2n) is 9.26. The first kappa shape index (κ1) is 23.8. The third-order valence-electron chi connectivity index (χ3n) is 6.80. The summed E-state index contributed by atoms with van der Waals surface area (Å²) in [6.07, 6.45) is 2.80. The lowest BCUT2D eigenvalue weighted by molar-refractivity contribution is -0.142. The molecule has 34 heavy (non-hydrogen) atoms. The summed E-state index contributed by atoms with van der Waals surface area (Å²) >= 11 is 0. The maximum Gasteiger partial charge on any atom is 0.407 e. The summed E-state index contributed by atoms with van der Waals surface area (Å²) in [6, 6.07) is 15.5. The molecule has 0 saturated heterocycles. The predicted molar refractivity (Wildman–Crippen MR) is 128 cm³/mol. The van der Waals surface area contributed by atoms with Crippen LogP contribution in [0, 0.1) is 11.8 Å². The van der Waals surface area contributed by atoms with Crippen LogP contribution in [0.25, 0.3) is 11.1 Å². The van der Waals surface area contributed by atoms with E-state index in [2.05, 4.69) is 34.9 Å². The van der Waals surface area contributed by atoms with Gasteiger partial charge in [0.25, 0.3) is 0 Å². The van der Waals surface area contributed by atoms with E-state index in [1.807, 2.05) is 31.2 Å². The van der Waals surface area contributed by atoms with Crippen molar-refractivity contribution in [3.8, 4) is 11.1 Å². The lowest BCUT2D eigenvalue weighted by Crippen LogP contribution is -2.42. The summed E-state index contributed by atoms with van der Waals surface area (Å²) < 4.78 is 5.59. The highest BCUT2D eigenvalue weighted by Crippen LogP contribution is 2.44. The molecular formula is C27H32N2O5. The fourth-order valence-corrected chi connectivity index (χ4v) is 4.87. The van der Waals surface area contributed by atoms with Crippen LogP contribution < -0.4 is 10.6 Å². The lowest BCUT2D eigenvalue weighted by atomic mass is 9.98.